The van der Waals surface area contributed by atoms with Gasteiger partial charge in [0.2, 0.25) is 0 Å². The van der Waals surface area contributed by atoms with Gasteiger partial charge in [-0.2, -0.15) is 0 Å². The van der Waals surface area contributed by atoms with E-state index in [0.717, 1.165) is 5.56 Å². The number of hydrogen-bond acceptors (Lipinski definition) is 3. The fraction of sp³-hybridized carbons (Fsp3) is 0.188. The Hall–Kier alpha value is -2.11. The summed E-state index contributed by atoms with van der Waals surface area (Å²) in [6, 6.07) is 10.2. The van der Waals surface area contributed by atoms with Gasteiger partial charge in [-0.15, -0.1) is 0 Å². The molecule has 0 radical (unpaired) electrons. The Kier molecular flexibility index (Phi) is 5.96. The highest BCUT2D eigenvalue weighted by molar-refractivity contribution is 6.37. The molecule has 0 aliphatic carbocycles. The number of methoxy groups -OCH3 is 2. The number of benzene rings is 2. The third-order valence-electron chi connectivity index (χ3n) is 3.09. The minimum absolute atomic E-state index is 0.319. The summed E-state index contributed by atoms with van der Waals surface area (Å²) < 4.78 is 10.3. The average molecular weight is 355 g/mol. The smallest absolute Gasteiger partial charge is 0.319 e. The Labute approximate surface area is 144 Å². The van der Waals surface area contributed by atoms with Crippen LogP contribution >= 0.6 is 23.2 Å². The van der Waals surface area contributed by atoms with Crippen molar-refractivity contribution < 1.29 is 14.3 Å². The minimum atomic E-state index is -0.381. The van der Waals surface area contributed by atoms with Gasteiger partial charge in [0, 0.05) is 17.8 Å². The van der Waals surface area contributed by atoms with Gasteiger partial charge in [0.25, 0.3) is 0 Å². The monoisotopic (exact) mass is 354 g/mol. The predicted octanol–water partition coefficient (Wildman–Crippen LogP) is 4.33. The van der Waals surface area contributed by atoms with E-state index in [0.29, 0.717) is 33.8 Å². The lowest BCUT2D eigenvalue weighted by Gasteiger charge is -2.12. The normalized spacial score (nSPS) is 10.1. The van der Waals surface area contributed by atoms with E-state index in [4.69, 9.17) is 32.7 Å². The van der Waals surface area contributed by atoms with Gasteiger partial charge < -0.3 is 20.1 Å². The Morgan fingerprint density at radius 2 is 1.74 bits per heavy atom. The summed E-state index contributed by atoms with van der Waals surface area (Å²) in [5, 5.41) is 6.05. The van der Waals surface area contributed by atoms with Crippen molar-refractivity contribution in [2.24, 2.45) is 0 Å². The van der Waals surface area contributed by atoms with E-state index in [-0.39, 0.29) is 6.03 Å². The van der Waals surface area contributed by atoms with Crippen molar-refractivity contribution in [3.05, 3.63) is 52.0 Å². The second-order valence-electron chi connectivity index (χ2n) is 4.59. The molecule has 0 saturated carbocycles. The number of hydrogen-bond donors (Lipinski definition) is 2. The molecule has 0 bridgehead atoms. The van der Waals surface area contributed by atoms with Crippen LogP contribution in [-0.4, -0.2) is 20.3 Å². The summed E-state index contributed by atoms with van der Waals surface area (Å²) in [5.41, 5.74) is 1.34. The summed E-state index contributed by atoms with van der Waals surface area (Å²) in [5.74, 6) is 1.08. The van der Waals surface area contributed by atoms with E-state index in [2.05, 4.69) is 10.6 Å². The van der Waals surface area contributed by atoms with Crippen molar-refractivity contribution >= 4 is 34.9 Å². The Morgan fingerprint density at radius 3 is 2.35 bits per heavy atom. The molecule has 2 aromatic rings. The molecule has 0 aromatic heterocycles. The zero-order valence-electron chi connectivity index (χ0n) is 12.7. The lowest BCUT2D eigenvalue weighted by Crippen LogP contribution is -2.28. The maximum Gasteiger partial charge on any atom is 0.319 e. The molecule has 2 aromatic carbocycles. The number of carbonyl (C=O) groups is 1. The summed E-state index contributed by atoms with van der Waals surface area (Å²) >= 11 is 12.1. The predicted molar refractivity (Wildman–Crippen MR) is 91.9 cm³/mol. The maximum absolute atomic E-state index is 12.0. The number of carbonyl (C=O) groups excluding carboxylic acids is 1. The Bertz CT molecular complexity index is 684. The number of ether oxygens (including phenoxy) is 2. The molecule has 23 heavy (non-hydrogen) atoms. The van der Waals surface area contributed by atoms with Crippen LogP contribution in [0, 0.1) is 0 Å². The van der Waals surface area contributed by atoms with Crippen LogP contribution in [-0.2, 0) is 6.54 Å². The molecule has 122 valence electrons. The highest BCUT2D eigenvalue weighted by Crippen LogP contribution is 2.35. The van der Waals surface area contributed by atoms with Gasteiger partial charge in [-0.1, -0.05) is 41.4 Å². The van der Waals surface area contributed by atoms with Crippen LogP contribution in [0.5, 0.6) is 11.5 Å². The van der Waals surface area contributed by atoms with E-state index < -0.39 is 0 Å². The van der Waals surface area contributed by atoms with Crippen LogP contribution < -0.4 is 20.1 Å². The third kappa shape index (κ3) is 4.43. The van der Waals surface area contributed by atoms with Gasteiger partial charge in [-0.05, 0) is 18.2 Å². The van der Waals surface area contributed by atoms with Crippen LogP contribution in [0.25, 0.3) is 0 Å². The molecule has 2 amide bonds. The van der Waals surface area contributed by atoms with Crippen molar-refractivity contribution in [3.8, 4) is 11.5 Å². The second-order valence-corrected chi connectivity index (χ2v) is 5.41. The molecule has 5 nitrogen and oxygen atoms in total. The molecule has 2 rings (SSSR count). The molecular formula is C16H16Cl2N2O3. The van der Waals surface area contributed by atoms with E-state index >= 15 is 0 Å². The van der Waals surface area contributed by atoms with Gasteiger partial charge in [-0.25, -0.2) is 4.79 Å². The molecule has 2 N–H and O–H groups in total. The van der Waals surface area contributed by atoms with Crippen molar-refractivity contribution in [2.75, 3.05) is 19.5 Å². The zero-order valence-corrected chi connectivity index (χ0v) is 14.2. The summed E-state index contributed by atoms with van der Waals surface area (Å²) in [7, 11) is 3.06. The SMILES string of the molecule is COc1ccccc1CNC(=O)Nc1cc(Cl)c(OC)c(Cl)c1. The Morgan fingerprint density at radius 1 is 1.09 bits per heavy atom. The van der Waals surface area contributed by atoms with Crippen LogP contribution in [0.1, 0.15) is 5.56 Å². The molecule has 0 aliphatic heterocycles. The summed E-state index contributed by atoms with van der Waals surface area (Å²) in [4.78, 5) is 12.0. The quantitative estimate of drug-likeness (QED) is 0.839. The van der Waals surface area contributed by atoms with Crippen molar-refractivity contribution in [2.45, 2.75) is 6.54 Å². The number of anilines is 1. The first kappa shape index (κ1) is 17.2. The van der Waals surface area contributed by atoms with Gasteiger partial charge >= 0.3 is 6.03 Å². The van der Waals surface area contributed by atoms with E-state index in [1.807, 2.05) is 24.3 Å². The van der Waals surface area contributed by atoms with E-state index in [1.54, 1.807) is 19.2 Å². The number of amides is 2. The molecule has 0 saturated heterocycles. The standard InChI is InChI=1S/C16H16Cl2N2O3/c1-22-14-6-4-3-5-10(14)9-19-16(21)20-11-7-12(17)15(23-2)13(18)8-11/h3-8H,9H2,1-2H3,(H2,19,20,21). The maximum atomic E-state index is 12.0. The second kappa shape index (κ2) is 7.94. The molecule has 0 unspecified atom stereocenters. The van der Waals surface area contributed by atoms with Gasteiger partial charge in [0.05, 0.1) is 24.3 Å². The fourth-order valence-electron chi connectivity index (χ4n) is 2.03. The van der Waals surface area contributed by atoms with Gasteiger partial charge in [-0.3, -0.25) is 0 Å². The van der Waals surface area contributed by atoms with Crippen molar-refractivity contribution in [1.82, 2.24) is 5.32 Å². The number of rotatable bonds is 5. The number of para-hydroxylation sites is 1. The van der Waals surface area contributed by atoms with Crippen LogP contribution in [0.3, 0.4) is 0 Å². The highest BCUT2D eigenvalue weighted by Gasteiger charge is 2.11. The molecule has 0 spiro atoms. The molecule has 7 heteroatoms. The van der Waals surface area contributed by atoms with Crippen molar-refractivity contribution in [1.29, 1.82) is 0 Å². The first-order valence-corrected chi connectivity index (χ1v) is 7.50. The van der Waals surface area contributed by atoms with E-state index in [9.17, 15) is 4.79 Å². The van der Waals surface area contributed by atoms with E-state index in [1.165, 1.54) is 7.11 Å². The molecule has 0 atom stereocenters. The van der Waals surface area contributed by atoms with Crippen LogP contribution in [0.15, 0.2) is 36.4 Å². The molecule has 0 fully saturated rings. The van der Waals surface area contributed by atoms with Crippen molar-refractivity contribution in [3.63, 3.8) is 0 Å². The largest absolute Gasteiger partial charge is 0.496 e. The minimum Gasteiger partial charge on any atom is -0.496 e. The van der Waals surface area contributed by atoms with Crippen LogP contribution in [0.4, 0.5) is 10.5 Å². The molecule has 0 aliphatic rings. The lowest BCUT2D eigenvalue weighted by atomic mass is 10.2. The summed E-state index contributed by atoms with van der Waals surface area (Å²) in [6.07, 6.45) is 0. The zero-order chi connectivity index (χ0) is 16.8. The fourth-order valence-corrected chi connectivity index (χ4v) is 2.67. The number of halogens is 2. The first-order valence-electron chi connectivity index (χ1n) is 6.75. The number of nitrogens with one attached hydrogen (secondary N) is 2. The molecule has 0 heterocycles. The topological polar surface area (TPSA) is 59.6 Å². The lowest BCUT2D eigenvalue weighted by molar-refractivity contribution is 0.251. The average Bonchev–Trinajstić information content (AvgIpc) is 2.53. The van der Waals surface area contributed by atoms with Crippen LogP contribution in [0.2, 0.25) is 10.0 Å². The summed E-state index contributed by atoms with van der Waals surface area (Å²) in [6.45, 7) is 0.327. The third-order valence-corrected chi connectivity index (χ3v) is 3.65. The number of urea groups is 1. The Balaban J connectivity index is 2.00. The van der Waals surface area contributed by atoms with Gasteiger partial charge in [0.15, 0.2) is 5.75 Å². The highest BCUT2D eigenvalue weighted by atomic mass is 35.5. The van der Waals surface area contributed by atoms with Gasteiger partial charge in [0.1, 0.15) is 5.75 Å². The first-order chi connectivity index (χ1) is 11.0. The molecular weight excluding hydrogens is 339 g/mol.